The van der Waals surface area contributed by atoms with Gasteiger partial charge in [0.05, 0.1) is 18.9 Å². The highest BCUT2D eigenvalue weighted by atomic mass is 16.7. The quantitative estimate of drug-likeness (QED) is 0.573. The van der Waals surface area contributed by atoms with Crippen molar-refractivity contribution in [1.82, 2.24) is 14.9 Å². The summed E-state index contributed by atoms with van der Waals surface area (Å²) in [4.78, 5) is 11.7. The summed E-state index contributed by atoms with van der Waals surface area (Å²) >= 11 is 0. The normalized spacial score (nSPS) is 14.8. The van der Waals surface area contributed by atoms with Gasteiger partial charge in [0, 0.05) is 49.6 Å². The van der Waals surface area contributed by atoms with E-state index in [1.165, 1.54) is 5.56 Å². The third-order valence-corrected chi connectivity index (χ3v) is 5.64. The molecule has 0 saturated carbocycles. The Morgan fingerprint density at radius 3 is 2.82 bits per heavy atom. The van der Waals surface area contributed by atoms with Crippen LogP contribution < -0.4 is 24.3 Å². The molecule has 3 heterocycles. The average molecular weight is 449 g/mol. The summed E-state index contributed by atoms with van der Waals surface area (Å²) < 4.78 is 22.2. The van der Waals surface area contributed by atoms with E-state index in [0.717, 1.165) is 66.0 Å². The molecule has 172 valence electrons. The van der Waals surface area contributed by atoms with Crippen molar-refractivity contribution in [3.8, 4) is 23.0 Å². The number of aromatic nitrogens is 2. The lowest BCUT2D eigenvalue weighted by Gasteiger charge is -2.28. The third-order valence-electron chi connectivity index (χ3n) is 5.64. The Hall–Kier alpha value is -3.52. The van der Waals surface area contributed by atoms with E-state index >= 15 is 0 Å². The van der Waals surface area contributed by atoms with Crippen molar-refractivity contribution >= 4 is 11.6 Å². The molecule has 8 nitrogen and oxygen atoms in total. The van der Waals surface area contributed by atoms with Gasteiger partial charge in [-0.1, -0.05) is 6.07 Å². The van der Waals surface area contributed by atoms with Crippen LogP contribution in [0, 0.1) is 0 Å². The summed E-state index contributed by atoms with van der Waals surface area (Å²) in [7, 11) is 1.68. The highest BCUT2D eigenvalue weighted by molar-refractivity contribution is 5.60. The van der Waals surface area contributed by atoms with Crippen LogP contribution in [-0.4, -0.2) is 41.4 Å². The Morgan fingerprint density at radius 2 is 1.97 bits per heavy atom. The molecule has 0 saturated heterocycles. The van der Waals surface area contributed by atoms with E-state index in [1.54, 1.807) is 7.11 Å². The summed E-state index contributed by atoms with van der Waals surface area (Å²) in [5.74, 6) is 3.62. The number of ether oxygens (including phenoxy) is 4. The number of fused-ring (bicyclic) bond motifs is 2. The fourth-order valence-corrected chi connectivity index (χ4v) is 4.09. The first kappa shape index (κ1) is 21.3. The van der Waals surface area contributed by atoms with Crippen LogP contribution in [0.2, 0.25) is 0 Å². The molecule has 8 heteroatoms. The highest BCUT2D eigenvalue weighted by Gasteiger charge is 2.20. The minimum Gasteiger partial charge on any atom is -0.493 e. The molecule has 0 atom stereocenters. The molecule has 1 N–H and O–H groups in total. The molecule has 0 aliphatic carbocycles. The van der Waals surface area contributed by atoms with Gasteiger partial charge in [0.1, 0.15) is 0 Å². The van der Waals surface area contributed by atoms with Crippen molar-refractivity contribution in [2.75, 3.05) is 25.8 Å². The van der Waals surface area contributed by atoms with Gasteiger partial charge in [-0.2, -0.15) is 0 Å². The van der Waals surface area contributed by atoms with Crippen molar-refractivity contribution in [3.63, 3.8) is 0 Å². The predicted molar refractivity (Wildman–Crippen MR) is 124 cm³/mol. The number of rotatable bonds is 7. The average Bonchev–Trinajstić information content (AvgIpc) is 3.28. The fourth-order valence-electron chi connectivity index (χ4n) is 4.09. The topological polar surface area (TPSA) is 78.0 Å². The molecule has 2 aromatic carbocycles. The maximum atomic E-state index is 5.83. The Balaban J connectivity index is 1.24. The number of nitrogens with one attached hydrogen (secondary N) is 1. The number of benzene rings is 2. The lowest BCUT2D eigenvalue weighted by molar-refractivity contribution is 0.174. The second kappa shape index (κ2) is 9.15. The molecule has 0 amide bonds. The van der Waals surface area contributed by atoms with Gasteiger partial charge in [-0.05, 0) is 43.7 Å². The first-order chi connectivity index (χ1) is 16.1. The lowest BCUT2D eigenvalue weighted by Crippen LogP contribution is -2.31. The molecular weight excluding hydrogens is 420 g/mol. The van der Waals surface area contributed by atoms with Crippen molar-refractivity contribution < 1.29 is 18.9 Å². The Labute approximate surface area is 193 Å². The van der Waals surface area contributed by atoms with Gasteiger partial charge in [-0.3, -0.25) is 4.90 Å². The molecule has 0 radical (unpaired) electrons. The summed E-state index contributed by atoms with van der Waals surface area (Å²) in [6.07, 6.45) is 2.90. The van der Waals surface area contributed by atoms with Crippen LogP contribution in [0.4, 0.5) is 11.6 Å². The number of hydrogen-bond donors (Lipinski definition) is 1. The Bertz CT molecular complexity index is 1150. The lowest BCUT2D eigenvalue weighted by atomic mass is 10.1. The molecule has 5 rings (SSSR count). The van der Waals surface area contributed by atoms with Crippen LogP contribution in [0.3, 0.4) is 0 Å². The van der Waals surface area contributed by atoms with Gasteiger partial charge in [0.2, 0.25) is 12.7 Å². The molecule has 2 aliphatic rings. The van der Waals surface area contributed by atoms with E-state index in [0.29, 0.717) is 5.95 Å². The second-order valence-electron chi connectivity index (χ2n) is 8.47. The standard InChI is InChI=1S/C25H28N4O4/c1-16(2)33-22-6-4-17(10-23(22)30-3)13-29-9-8-20-18(14-29)12-26-25(28-20)27-19-5-7-21-24(11-19)32-15-31-21/h4-7,10-12,16H,8-9,13-15H2,1-3H3,(H,26,27,28). The van der Waals surface area contributed by atoms with Gasteiger partial charge in [0.25, 0.3) is 0 Å². The van der Waals surface area contributed by atoms with Crippen molar-refractivity contribution in [2.45, 2.75) is 39.5 Å². The minimum absolute atomic E-state index is 0.104. The van der Waals surface area contributed by atoms with E-state index in [-0.39, 0.29) is 12.9 Å². The molecule has 1 aromatic heterocycles. The van der Waals surface area contributed by atoms with E-state index < -0.39 is 0 Å². The number of hydrogen-bond acceptors (Lipinski definition) is 8. The van der Waals surface area contributed by atoms with E-state index in [1.807, 2.05) is 44.3 Å². The van der Waals surface area contributed by atoms with Crippen LogP contribution in [0.1, 0.15) is 30.7 Å². The molecule has 2 aliphatic heterocycles. The van der Waals surface area contributed by atoms with E-state index in [2.05, 4.69) is 27.3 Å². The zero-order valence-corrected chi connectivity index (χ0v) is 19.1. The van der Waals surface area contributed by atoms with Gasteiger partial charge in [-0.15, -0.1) is 0 Å². The molecular formula is C25H28N4O4. The summed E-state index contributed by atoms with van der Waals surface area (Å²) in [5, 5.41) is 3.27. The molecule has 0 spiro atoms. The third kappa shape index (κ3) is 4.80. The molecule has 0 unspecified atom stereocenters. The largest absolute Gasteiger partial charge is 0.493 e. The zero-order valence-electron chi connectivity index (χ0n) is 19.1. The number of anilines is 2. The zero-order chi connectivity index (χ0) is 22.8. The SMILES string of the molecule is COc1cc(CN2CCc3nc(Nc4ccc5c(c4)OCO5)ncc3C2)ccc1OC(C)C. The second-order valence-corrected chi connectivity index (χ2v) is 8.47. The molecule has 0 fully saturated rings. The van der Waals surface area contributed by atoms with Gasteiger partial charge >= 0.3 is 0 Å². The first-order valence-electron chi connectivity index (χ1n) is 11.1. The van der Waals surface area contributed by atoms with Crippen molar-refractivity contribution in [2.24, 2.45) is 0 Å². The maximum absolute atomic E-state index is 5.83. The van der Waals surface area contributed by atoms with Crippen molar-refractivity contribution in [3.05, 3.63) is 59.4 Å². The first-order valence-corrected chi connectivity index (χ1v) is 11.1. The summed E-state index contributed by atoms with van der Waals surface area (Å²) in [5.41, 5.74) is 4.30. The highest BCUT2D eigenvalue weighted by Crippen LogP contribution is 2.35. The smallest absolute Gasteiger partial charge is 0.231 e. The monoisotopic (exact) mass is 448 g/mol. The van der Waals surface area contributed by atoms with Gasteiger partial charge in [0.15, 0.2) is 23.0 Å². The minimum atomic E-state index is 0.104. The Morgan fingerprint density at radius 1 is 1.09 bits per heavy atom. The van der Waals surface area contributed by atoms with Crippen LogP contribution in [0.15, 0.2) is 42.6 Å². The number of nitrogens with zero attached hydrogens (tertiary/aromatic N) is 3. The Kier molecular flexibility index (Phi) is 5.92. The molecule has 0 bridgehead atoms. The van der Waals surface area contributed by atoms with Crippen LogP contribution in [0.5, 0.6) is 23.0 Å². The summed E-state index contributed by atoms with van der Waals surface area (Å²) in [6.45, 7) is 6.85. The van der Waals surface area contributed by atoms with Gasteiger partial charge in [-0.25, -0.2) is 9.97 Å². The van der Waals surface area contributed by atoms with Crippen molar-refractivity contribution in [1.29, 1.82) is 0 Å². The summed E-state index contributed by atoms with van der Waals surface area (Å²) in [6, 6.07) is 11.9. The van der Waals surface area contributed by atoms with Crippen LogP contribution in [0.25, 0.3) is 0 Å². The van der Waals surface area contributed by atoms with E-state index in [4.69, 9.17) is 23.9 Å². The maximum Gasteiger partial charge on any atom is 0.231 e. The van der Waals surface area contributed by atoms with Crippen LogP contribution in [-0.2, 0) is 19.5 Å². The predicted octanol–water partition coefficient (Wildman–Crippen LogP) is 4.30. The van der Waals surface area contributed by atoms with Gasteiger partial charge < -0.3 is 24.3 Å². The molecule has 33 heavy (non-hydrogen) atoms. The van der Waals surface area contributed by atoms with Crippen LogP contribution >= 0.6 is 0 Å². The van der Waals surface area contributed by atoms with E-state index in [9.17, 15) is 0 Å². The number of methoxy groups -OCH3 is 1. The fraction of sp³-hybridized carbons (Fsp3) is 0.360. The molecule has 3 aromatic rings.